The third-order valence-electron chi connectivity index (χ3n) is 5.88. The van der Waals surface area contributed by atoms with Gasteiger partial charge in [-0.1, -0.05) is 6.58 Å². The number of halogens is 1. The number of carbonyl (C=O) groups excluding carboxylic acids is 2. The maximum absolute atomic E-state index is 15.1. The van der Waals surface area contributed by atoms with Gasteiger partial charge in [0, 0.05) is 30.9 Å². The fourth-order valence-electron chi connectivity index (χ4n) is 4.15. The number of hydrogen-bond donors (Lipinski definition) is 3. The lowest BCUT2D eigenvalue weighted by molar-refractivity contribution is -0.161. The normalized spacial score (nSPS) is 20.8. The number of ether oxygens (including phenoxy) is 2. The van der Waals surface area contributed by atoms with Crippen LogP contribution in [-0.4, -0.2) is 54.4 Å². The summed E-state index contributed by atoms with van der Waals surface area (Å²) in [5.74, 6) is -0.704. The van der Waals surface area contributed by atoms with Crippen LogP contribution in [0.1, 0.15) is 52.9 Å². The number of methoxy groups -OCH3 is 1. The molecule has 1 atom stereocenters. The number of hydrogen-bond acceptors (Lipinski definition) is 7. The van der Waals surface area contributed by atoms with Crippen molar-refractivity contribution in [1.82, 2.24) is 5.32 Å². The Balaban J connectivity index is 1.67. The second-order valence-corrected chi connectivity index (χ2v) is 9.81. The van der Waals surface area contributed by atoms with E-state index in [4.69, 9.17) is 9.47 Å². The Morgan fingerprint density at radius 1 is 1.36 bits per heavy atom. The first-order valence-corrected chi connectivity index (χ1v) is 11.2. The van der Waals surface area contributed by atoms with Crippen LogP contribution in [0.15, 0.2) is 24.4 Å². The Hall–Kier alpha value is -2.81. The molecule has 1 amide bonds. The molecule has 2 aliphatic rings. The SMILES string of the molecule is C=C1CC[C@@H](Nc2cc(F)c(N3CCC(O)(CC(=O)OC(C)(C)C)CC3)cc2OC)C(=O)N1. The van der Waals surface area contributed by atoms with Crippen LogP contribution in [0.25, 0.3) is 0 Å². The highest BCUT2D eigenvalue weighted by atomic mass is 19.1. The molecule has 3 N–H and O–H groups in total. The zero-order chi connectivity index (χ0) is 24.4. The van der Waals surface area contributed by atoms with Gasteiger partial charge in [0.25, 0.3) is 0 Å². The van der Waals surface area contributed by atoms with E-state index >= 15 is 4.39 Å². The summed E-state index contributed by atoms with van der Waals surface area (Å²) in [5.41, 5.74) is -0.388. The van der Waals surface area contributed by atoms with Gasteiger partial charge in [-0.05, 0) is 46.5 Å². The fourth-order valence-corrected chi connectivity index (χ4v) is 4.15. The molecule has 0 aromatic heterocycles. The van der Waals surface area contributed by atoms with Crippen molar-refractivity contribution in [3.05, 3.63) is 30.2 Å². The van der Waals surface area contributed by atoms with E-state index in [0.29, 0.717) is 61.6 Å². The van der Waals surface area contributed by atoms with Crippen LogP contribution >= 0.6 is 0 Å². The maximum Gasteiger partial charge on any atom is 0.309 e. The molecule has 0 bridgehead atoms. The molecule has 9 heteroatoms. The molecule has 2 saturated heterocycles. The van der Waals surface area contributed by atoms with Gasteiger partial charge in [0.1, 0.15) is 23.2 Å². The van der Waals surface area contributed by atoms with Crippen molar-refractivity contribution in [3.8, 4) is 5.75 Å². The number of nitrogens with zero attached hydrogens (tertiary/aromatic N) is 1. The van der Waals surface area contributed by atoms with E-state index < -0.39 is 29.0 Å². The third-order valence-corrected chi connectivity index (χ3v) is 5.88. The number of carbonyl (C=O) groups is 2. The Bertz CT molecular complexity index is 919. The number of nitrogens with one attached hydrogen (secondary N) is 2. The molecule has 0 saturated carbocycles. The molecule has 2 heterocycles. The molecule has 0 aliphatic carbocycles. The molecule has 33 heavy (non-hydrogen) atoms. The van der Waals surface area contributed by atoms with Crippen LogP contribution < -0.4 is 20.3 Å². The minimum absolute atomic E-state index is 0.0946. The molecule has 0 spiro atoms. The summed E-state index contributed by atoms with van der Waals surface area (Å²) in [5, 5.41) is 16.6. The van der Waals surface area contributed by atoms with Crippen molar-refractivity contribution >= 4 is 23.3 Å². The number of anilines is 2. The quantitative estimate of drug-likeness (QED) is 0.558. The average molecular weight is 464 g/mol. The monoisotopic (exact) mass is 463 g/mol. The standard InChI is InChI=1S/C24H34FN3O5/c1-15-6-7-17(22(30)26-15)27-18-12-16(25)19(13-20(18)32-5)28-10-8-24(31,9-11-28)14-21(29)33-23(2,3)4/h12-13,17,27,31H,1,6-11,14H2,2-5H3,(H,26,30)/t17-/m1/s1. The number of amides is 1. The zero-order valence-corrected chi connectivity index (χ0v) is 19.8. The molecule has 1 aromatic carbocycles. The molecular formula is C24H34FN3O5. The van der Waals surface area contributed by atoms with Crippen LogP contribution in [0.5, 0.6) is 5.75 Å². The van der Waals surface area contributed by atoms with Gasteiger partial charge in [-0.15, -0.1) is 0 Å². The van der Waals surface area contributed by atoms with E-state index in [0.717, 1.165) is 0 Å². The number of piperidine rings is 2. The van der Waals surface area contributed by atoms with Gasteiger partial charge in [-0.3, -0.25) is 9.59 Å². The van der Waals surface area contributed by atoms with Crippen LogP contribution in [0.2, 0.25) is 0 Å². The van der Waals surface area contributed by atoms with Gasteiger partial charge in [0.05, 0.1) is 30.5 Å². The highest BCUT2D eigenvalue weighted by Crippen LogP contribution is 2.37. The first-order chi connectivity index (χ1) is 15.4. The predicted octanol–water partition coefficient (Wildman–Crippen LogP) is 3.10. The fraction of sp³-hybridized carbons (Fsp3) is 0.583. The number of esters is 1. The summed E-state index contributed by atoms with van der Waals surface area (Å²) in [4.78, 5) is 26.2. The zero-order valence-electron chi connectivity index (χ0n) is 19.8. The maximum atomic E-state index is 15.1. The first kappa shape index (κ1) is 24.8. The third kappa shape index (κ3) is 6.37. The molecule has 8 nitrogen and oxygen atoms in total. The van der Waals surface area contributed by atoms with E-state index in [9.17, 15) is 14.7 Å². The second kappa shape index (κ2) is 9.59. The van der Waals surface area contributed by atoms with Crippen LogP contribution in [0.4, 0.5) is 15.8 Å². The van der Waals surface area contributed by atoms with Crippen molar-refractivity contribution < 1.29 is 28.6 Å². The Morgan fingerprint density at radius 3 is 2.61 bits per heavy atom. The molecular weight excluding hydrogens is 429 g/mol. The number of rotatable bonds is 6. The highest BCUT2D eigenvalue weighted by Gasteiger charge is 2.37. The molecule has 182 valence electrons. The minimum atomic E-state index is -1.18. The molecule has 0 radical (unpaired) electrons. The largest absolute Gasteiger partial charge is 0.495 e. The summed E-state index contributed by atoms with van der Waals surface area (Å²) < 4.78 is 25.8. The number of benzene rings is 1. The van der Waals surface area contributed by atoms with E-state index in [2.05, 4.69) is 17.2 Å². The minimum Gasteiger partial charge on any atom is -0.495 e. The Kier molecular flexibility index (Phi) is 7.21. The Labute approximate surface area is 194 Å². The summed E-state index contributed by atoms with van der Waals surface area (Å²) in [6.07, 6.45) is 1.72. The first-order valence-electron chi connectivity index (χ1n) is 11.2. The van der Waals surface area contributed by atoms with E-state index in [1.807, 2.05) is 4.90 Å². The average Bonchev–Trinajstić information content (AvgIpc) is 2.69. The summed E-state index contributed by atoms with van der Waals surface area (Å²) in [6, 6.07) is 2.41. The van der Waals surface area contributed by atoms with Gasteiger partial charge < -0.3 is 30.1 Å². The highest BCUT2D eigenvalue weighted by molar-refractivity contribution is 5.87. The second-order valence-electron chi connectivity index (χ2n) is 9.81. The number of allylic oxidation sites excluding steroid dienone is 1. The molecule has 0 unspecified atom stereocenters. The van der Waals surface area contributed by atoms with Crippen molar-refractivity contribution in [1.29, 1.82) is 0 Å². The summed E-state index contributed by atoms with van der Waals surface area (Å²) >= 11 is 0. The van der Waals surface area contributed by atoms with Gasteiger partial charge in [0.15, 0.2) is 0 Å². The van der Waals surface area contributed by atoms with Crippen molar-refractivity contribution in [3.63, 3.8) is 0 Å². The van der Waals surface area contributed by atoms with E-state index in [-0.39, 0.29) is 12.3 Å². The predicted molar refractivity (Wildman–Crippen MR) is 124 cm³/mol. The van der Waals surface area contributed by atoms with Crippen LogP contribution in [-0.2, 0) is 14.3 Å². The van der Waals surface area contributed by atoms with Crippen LogP contribution in [0, 0.1) is 5.82 Å². The lowest BCUT2D eigenvalue weighted by Gasteiger charge is -2.39. The lowest BCUT2D eigenvalue weighted by atomic mass is 9.88. The van der Waals surface area contributed by atoms with Crippen molar-refractivity contribution in [2.45, 2.75) is 70.1 Å². The van der Waals surface area contributed by atoms with Crippen molar-refractivity contribution in [2.75, 3.05) is 30.4 Å². The summed E-state index contributed by atoms with van der Waals surface area (Å²) in [7, 11) is 1.49. The van der Waals surface area contributed by atoms with Gasteiger partial charge in [-0.25, -0.2) is 4.39 Å². The topological polar surface area (TPSA) is 100 Å². The van der Waals surface area contributed by atoms with Gasteiger partial charge in [0.2, 0.25) is 5.91 Å². The Morgan fingerprint density at radius 2 is 2.03 bits per heavy atom. The van der Waals surface area contributed by atoms with Crippen molar-refractivity contribution in [2.24, 2.45) is 0 Å². The van der Waals surface area contributed by atoms with Crippen LogP contribution in [0.3, 0.4) is 0 Å². The number of aliphatic hydroxyl groups is 1. The lowest BCUT2D eigenvalue weighted by Crippen LogP contribution is -2.46. The summed E-state index contributed by atoms with van der Waals surface area (Å²) in [6.45, 7) is 9.86. The molecule has 1 aromatic rings. The smallest absolute Gasteiger partial charge is 0.309 e. The van der Waals surface area contributed by atoms with E-state index in [1.54, 1.807) is 26.8 Å². The molecule has 3 rings (SSSR count). The van der Waals surface area contributed by atoms with E-state index in [1.165, 1.54) is 13.2 Å². The van der Waals surface area contributed by atoms with Gasteiger partial charge in [-0.2, -0.15) is 0 Å². The molecule has 2 fully saturated rings. The van der Waals surface area contributed by atoms with Gasteiger partial charge >= 0.3 is 5.97 Å². The molecule has 2 aliphatic heterocycles.